The molecule has 90 valence electrons. The molecule has 0 aliphatic heterocycles. The molecule has 4 nitrogen and oxygen atoms in total. The van der Waals surface area contributed by atoms with Crippen LogP contribution in [0.15, 0.2) is 24.3 Å². The topological polar surface area (TPSA) is 53.1 Å². The molecular formula is C12H14ClN3O. The van der Waals surface area contributed by atoms with E-state index in [-0.39, 0.29) is 0 Å². The van der Waals surface area contributed by atoms with Gasteiger partial charge < -0.3 is 10.5 Å². The van der Waals surface area contributed by atoms with E-state index in [1.165, 1.54) is 0 Å². The first-order valence-electron chi connectivity index (χ1n) is 5.21. The first-order valence-corrected chi connectivity index (χ1v) is 5.58. The highest BCUT2D eigenvalue weighted by Gasteiger charge is 2.06. The van der Waals surface area contributed by atoms with Gasteiger partial charge in [0.15, 0.2) is 0 Å². The minimum absolute atomic E-state index is 0.605. The molecule has 0 atom stereocenters. The number of halogens is 1. The van der Waals surface area contributed by atoms with Crippen molar-refractivity contribution < 1.29 is 4.74 Å². The Balaban J connectivity index is 2.21. The molecule has 0 aliphatic rings. The molecule has 1 aromatic heterocycles. The second-order valence-corrected chi connectivity index (χ2v) is 4.24. The number of hydrogen-bond acceptors (Lipinski definition) is 3. The number of ether oxygens (including phenoxy) is 1. The largest absolute Gasteiger partial charge is 0.495 e. The van der Waals surface area contributed by atoms with Gasteiger partial charge in [0.1, 0.15) is 11.6 Å². The van der Waals surface area contributed by atoms with Crippen LogP contribution < -0.4 is 10.5 Å². The second-order valence-electron chi connectivity index (χ2n) is 3.83. The monoisotopic (exact) mass is 251 g/mol. The number of anilines is 1. The van der Waals surface area contributed by atoms with Crippen molar-refractivity contribution in [1.82, 2.24) is 9.78 Å². The first-order chi connectivity index (χ1) is 8.10. The lowest BCUT2D eigenvalue weighted by Crippen LogP contribution is -1.97. The van der Waals surface area contributed by atoms with Gasteiger partial charge in [-0.3, -0.25) is 4.68 Å². The SMILES string of the molecule is COc1ccc(Cc2cc(N)n(C)n2)cc1Cl. The number of nitrogens with zero attached hydrogens (tertiary/aromatic N) is 2. The Morgan fingerprint density at radius 3 is 2.71 bits per heavy atom. The Hall–Kier alpha value is -1.68. The third-order valence-electron chi connectivity index (χ3n) is 2.57. The highest BCUT2D eigenvalue weighted by atomic mass is 35.5. The zero-order chi connectivity index (χ0) is 12.4. The third-order valence-corrected chi connectivity index (χ3v) is 2.86. The maximum absolute atomic E-state index is 6.06. The Labute approximate surface area is 105 Å². The lowest BCUT2D eigenvalue weighted by molar-refractivity contribution is 0.415. The van der Waals surface area contributed by atoms with Crippen molar-refractivity contribution in [2.75, 3.05) is 12.8 Å². The van der Waals surface area contributed by atoms with Crippen LogP contribution >= 0.6 is 11.6 Å². The molecule has 17 heavy (non-hydrogen) atoms. The van der Waals surface area contributed by atoms with Crippen molar-refractivity contribution in [2.45, 2.75) is 6.42 Å². The predicted octanol–water partition coefficient (Wildman–Crippen LogP) is 2.26. The number of methoxy groups -OCH3 is 1. The lowest BCUT2D eigenvalue weighted by Gasteiger charge is -2.04. The minimum Gasteiger partial charge on any atom is -0.495 e. The van der Waals surface area contributed by atoms with Crippen LogP contribution in [0.4, 0.5) is 5.82 Å². The number of rotatable bonds is 3. The maximum atomic E-state index is 6.06. The van der Waals surface area contributed by atoms with E-state index in [1.807, 2.05) is 31.3 Å². The second kappa shape index (κ2) is 4.67. The summed E-state index contributed by atoms with van der Waals surface area (Å²) in [6.45, 7) is 0. The average molecular weight is 252 g/mol. The molecule has 0 saturated carbocycles. The average Bonchev–Trinajstić information content (AvgIpc) is 2.58. The van der Waals surface area contributed by atoms with Crippen LogP contribution in [0.2, 0.25) is 5.02 Å². The fourth-order valence-corrected chi connectivity index (χ4v) is 1.94. The molecule has 0 fully saturated rings. The van der Waals surface area contributed by atoms with Crippen molar-refractivity contribution in [3.63, 3.8) is 0 Å². The number of aryl methyl sites for hydroxylation is 1. The Bertz CT molecular complexity index is 517. The van der Waals surface area contributed by atoms with E-state index >= 15 is 0 Å². The molecule has 0 spiro atoms. The van der Waals surface area contributed by atoms with Gasteiger partial charge >= 0.3 is 0 Å². The van der Waals surface area contributed by atoms with Gasteiger partial charge in [0.05, 0.1) is 17.8 Å². The number of nitrogens with two attached hydrogens (primary N) is 1. The van der Waals surface area contributed by atoms with E-state index in [2.05, 4.69) is 5.10 Å². The summed E-state index contributed by atoms with van der Waals surface area (Å²) in [4.78, 5) is 0. The highest BCUT2D eigenvalue weighted by Crippen LogP contribution is 2.25. The van der Waals surface area contributed by atoms with Crippen LogP contribution in [-0.2, 0) is 13.5 Å². The molecule has 0 bridgehead atoms. The first kappa shape index (κ1) is 11.8. The minimum atomic E-state index is 0.605. The van der Waals surface area contributed by atoms with E-state index in [0.717, 1.165) is 11.3 Å². The molecule has 1 aromatic carbocycles. The smallest absolute Gasteiger partial charge is 0.137 e. The fraction of sp³-hybridized carbons (Fsp3) is 0.250. The van der Waals surface area contributed by atoms with Gasteiger partial charge in [0.25, 0.3) is 0 Å². The van der Waals surface area contributed by atoms with Gasteiger partial charge in [0, 0.05) is 19.5 Å². The standard InChI is InChI=1S/C12H14ClN3O/c1-16-12(14)7-9(15-16)5-8-3-4-11(17-2)10(13)6-8/h3-4,6-7H,5,14H2,1-2H3. The molecule has 0 radical (unpaired) electrons. The molecule has 2 rings (SSSR count). The fourth-order valence-electron chi connectivity index (χ4n) is 1.66. The summed E-state index contributed by atoms with van der Waals surface area (Å²) in [7, 11) is 3.42. The van der Waals surface area contributed by atoms with Gasteiger partial charge in [-0.05, 0) is 17.7 Å². The van der Waals surface area contributed by atoms with Crippen molar-refractivity contribution in [3.8, 4) is 5.75 Å². The summed E-state index contributed by atoms with van der Waals surface area (Å²) in [5, 5.41) is 4.90. The summed E-state index contributed by atoms with van der Waals surface area (Å²) in [6, 6.07) is 7.56. The van der Waals surface area contributed by atoms with Crippen LogP contribution in [0, 0.1) is 0 Å². The molecule has 0 saturated heterocycles. The van der Waals surface area contributed by atoms with Crippen LogP contribution in [0.3, 0.4) is 0 Å². The van der Waals surface area contributed by atoms with E-state index in [1.54, 1.807) is 11.8 Å². The molecule has 5 heteroatoms. The van der Waals surface area contributed by atoms with Crippen molar-refractivity contribution in [3.05, 3.63) is 40.5 Å². The summed E-state index contributed by atoms with van der Waals surface area (Å²) in [6.07, 6.45) is 0.703. The van der Waals surface area contributed by atoms with Crippen LogP contribution in [0.5, 0.6) is 5.75 Å². The third kappa shape index (κ3) is 2.53. The van der Waals surface area contributed by atoms with E-state index < -0.39 is 0 Å². The molecule has 2 aromatic rings. The van der Waals surface area contributed by atoms with Crippen molar-refractivity contribution in [1.29, 1.82) is 0 Å². The van der Waals surface area contributed by atoms with Gasteiger partial charge in [-0.25, -0.2) is 0 Å². The van der Waals surface area contributed by atoms with Gasteiger partial charge in [-0.15, -0.1) is 0 Å². The van der Waals surface area contributed by atoms with Crippen molar-refractivity contribution in [2.24, 2.45) is 7.05 Å². The molecular weight excluding hydrogens is 238 g/mol. The van der Waals surface area contributed by atoms with Gasteiger partial charge in [-0.2, -0.15) is 5.10 Å². The number of nitrogen functional groups attached to an aromatic ring is 1. The van der Waals surface area contributed by atoms with E-state index in [0.29, 0.717) is 23.0 Å². The van der Waals surface area contributed by atoms with E-state index in [9.17, 15) is 0 Å². The zero-order valence-corrected chi connectivity index (χ0v) is 10.5. The Kier molecular flexibility index (Phi) is 3.24. The molecule has 0 unspecified atom stereocenters. The quantitative estimate of drug-likeness (QED) is 0.910. The molecule has 1 heterocycles. The summed E-state index contributed by atoms with van der Waals surface area (Å²) < 4.78 is 6.75. The zero-order valence-electron chi connectivity index (χ0n) is 9.77. The number of benzene rings is 1. The predicted molar refractivity (Wildman–Crippen MR) is 68.4 cm³/mol. The van der Waals surface area contributed by atoms with Gasteiger partial charge in [0.2, 0.25) is 0 Å². The number of hydrogen-bond donors (Lipinski definition) is 1. The van der Waals surface area contributed by atoms with Crippen LogP contribution in [-0.4, -0.2) is 16.9 Å². The number of aromatic nitrogens is 2. The van der Waals surface area contributed by atoms with E-state index in [4.69, 9.17) is 22.1 Å². The van der Waals surface area contributed by atoms with Gasteiger partial charge in [-0.1, -0.05) is 17.7 Å². The normalized spacial score (nSPS) is 10.5. The van der Waals surface area contributed by atoms with Crippen LogP contribution in [0.25, 0.3) is 0 Å². The summed E-state index contributed by atoms with van der Waals surface area (Å²) >= 11 is 6.06. The molecule has 0 amide bonds. The molecule has 2 N–H and O–H groups in total. The molecule has 0 aliphatic carbocycles. The summed E-state index contributed by atoms with van der Waals surface area (Å²) in [5.41, 5.74) is 7.72. The Morgan fingerprint density at radius 1 is 1.41 bits per heavy atom. The van der Waals surface area contributed by atoms with Crippen LogP contribution in [0.1, 0.15) is 11.3 Å². The summed E-state index contributed by atoms with van der Waals surface area (Å²) in [5.74, 6) is 1.33. The maximum Gasteiger partial charge on any atom is 0.137 e. The highest BCUT2D eigenvalue weighted by molar-refractivity contribution is 6.32. The Morgan fingerprint density at radius 2 is 2.18 bits per heavy atom. The lowest BCUT2D eigenvalue weighted by atomic mass is 10.1. The van der Waals surface area contributed by atoms with Crippen molar-refractivity contribution >= 4 is 17.4 Å².